The summed E-state index contributed by atoms with van der Waals surface area (Å²) in [6, 6.07) is 0. The molecule has 0 bridgehead atoms. The third-order valence-corrected chi connectivity index (χ3v) is 1.24. The molecule has 72 valence electrons. The molecule has 0 aliphatic heterocycles. The number of nitrogens with one attached hydrogen (secondary N) is 1. The average Bonchev–Trinajstić information content (AvgIpc) is 2.09. The van der Waals surface area contributed by atoms with Crippen molar-refractivity contribution in [2.24, 2.45) is 0 Å². The molecule has 0 heterocycles. The first-order valence-electron chi connectivity index (χ1n) is 4.14. The van der Waals surface area contributed by atoms with Crippen molar-refractivity contribution in [1.29, 1.82) is 0 Å². The molecule has 0 aromatic rings. The van der Waals surface area contributed by atoms with Gasteiger partial charge in [0.25, 0.3) is 0 Å². The Morgan fingerprint density at radius 3 is 2.75 bits per heavy atom. The fourth-order valence-corrected chi connectivity index (χ4v) is 0.623. The van der Waals surface area contributed by atoms with Gasteiger partial charge in [-0.3, -0.25) is 4.79 Å². The highest BCUT2D eigenvalue weighted by molar-refractivity contribution is 5.77. The summed E-state index contributed by atoms with van der Waals surface area (Å²) in [5.74, 6) is -0.0621. The topological polar surface area (TPSA) is 47.6 Å². The maximum Gasteiger partial charge on any atom is 0.245 e. The second-order valence-electron chi connectivity index (χ2n) is 2.40. The Bertz CT molecular complexity index is 117. The number of ether oxygens (including phenoxy) is 2. The van der Waals surface area contributed by atoms with E-state index >= 15 is 0 Å². The van der Waals surface area contributed by atoms with Crippen LogP contribution < -0.4 is 5.32 Å². The van der Waals surface area contributed by atoms with Crippen molar-refractivity contribution in [2.45, 2.75) is 13.3 Å². The van der Waals surface area contributed by atoms with Crippen LogP contribution in [-0.2, 0) is 14.3 Å². The van der Waals surface area contributed by atoms with Gasteiger partial charge < -0.3 is 14.8 Å². The van der Waals surface area contributed by atoms with Crippen LogP contribution in [0, 0.1) is 0 Å². The zero-order valence-electron chi connectivity index (χ0n) is 7.76. The van der Waals surface area contributed by atoms with Crippen LogP contribution in [-0.4, -0.2) is 39.4 Å². The van der Waals surface area contributed by atoms with Gasteiger partial charge in [0, 0.05) is 13.7 Å². The maximum atomic E-state index is 10.9. The summed E-state index contributed by atoms with van der Waals surface area (Å²) in [7, 11) is 1.60. The van der Waals surface area contributed by atoms with Gasteiger partial charge in [0.05, 0.1) is 13.2 Å². The van der Waals surface area contributed by atoms with Crippen LogP contribution in [0.25, 0.3) is 0 Å². The smallest absolute Gasteiger partial charge is 0.245 e. The number of hydrogen-bond donors (Lipinski definition) is 1. The van der Waals surface area contributed by atoms with Gasteiger partial charge in [0.15, 0.2) is 0 Å². The Morgan fingerprint density at radius 2 is 2.17 bits per heavy atom. The molecule has 1 N–H and O–H groups in total. The van der Waals surface area contributed by atoms with Gasteiger partial charge in [-0.05, 0) is 6.42 Å². The number of amides is 1. The summed E-state index contributed by atoms with van der Waals surface area (Å²) >= 11 is 0. The Morgan fingerprint density at radius 1 is 1.42 bits per heavy atom. The lowest BCUT2D eigenvalue weighted by atomic mass is 10.5. The quantitative estimate of drug-likeness (QED) is 0.561. The minimum atomic E-state index is -0.0621. The van der Waals surface area contributed by atoms with Crippen LogP contribution >= 0.6 is 0 Å². The van der Waals surface area contributed by atoms with E-state index in [1.807, 2.05) is 6.92 Å². The molecule has 4 nitrogen and oxygen atoms in total. The van der Waals surface area contributed by atoms with Crippen molar-refractivity contribution in [2.75, 3.05) is 33.5 Å². The van der Waals surface area contributed by atoms with Crippen molar-refractivity contribution in [1.82, 2.24) is 5.32 Å². The molecule has 0 aliphatic rings. The lowest BCUT2D eigenvalue weighted by Gasteiger charge is -2.03. The summed E-state index contributed by atoms with van der Waals surface area (Å²) in [5, 5.41) is 2.70. The zero-order valence-corrected chi connectivity index (χ0v) is 7.76. The number of rotatable bonds is 7. The van der Waals surface area contributed by atoms with Crippen LogP contribution in [0.3, 0.4) is 0 Å². The molecule has 1 amide bonds. The van der Waals surface area contributed by atoms with E-state index < -0.39 is 0 Å². The predicted octanol–water partition coefficient (Wildman–Crippen LogP) is 0.176. The van der Waals surface area contributed by atoms with Gasteiger partial charge in [-0.25, -0.2) is 0 Å². The van der Waals surface area contributed by atoms with Crippen LogP contribution in [0.15, 0.2) is 0 Å². The molecule has 0 unspecified atom stereocenters. The van der Waals surface area contributed by atoms with E-state index in [0.29, 0.717) is 19.8 Å². The Kier molecular flexibility index (Phi) is 8.05. The molecule has 12 heavy (non-hydrogen) atoms. The average molecular weight is 175 g/mol. The SMILES string of the molecule is CCCNC(=O)COCCOC. The van der Waals surface area contributed by atoms with E-state index in [0.717, 1.165) is 6.42 Å². The van der Waals surface area contributed by atoms with Crippen molar-refractivity contribution in [3.05, 3.63) is 0 Å². The first-order chi connectivity index (χ1) is 5.81. The molecule has 0 aromatic carbocycles. The number of carbonyl (C=O) groups is 1. The van der Waals surface area contributed by atoms with Crippen LogP contribution in [0.1, 0.15) is 13.3 Å². The highest BCUT2D eigenvalue weighted by Gasteiger charge is 1.98. The third kappa shape index (κ3) is 7.50. The molecular weight excluding hydrogens is 158 g/mol. The van der Waals surface area contributed by atoms with Gasteiger partial charge in [0.2, 0.25) is 5.91 Å². The van der Waals surface area contributed by atoms with E-state index in [9.17, 15) is 4.79 Å². The molecule has 0 fully saturated rings. The van der Waals surface area contributed by atoms with Gasteiger partial charge in [-0.1, -0.05) is 6.92 Å². The molecule has 4 heteroatoms. The van der Waals surface area contributed by atoms with E-state index in [1.54, 1.807) is 7.11 Å². The predicted molar refractivity (Wildman–Crippen MR) is 46.0 cm³/mol. The second kappa shape index (κ2) is 8.49. The molecule has 0 saturated heterocycles. The van der Waals surface area contributed by atoms with Crippen molar-refractivity contribution in [3.8, 4) is 0 Å². The van der Waals surface area contributed by atoms with Crippen molar-refractivity contribution < 1.29 is 14.3 Å². The van der Waals surface area contributed by atoms with Crippen molar-refractivity contribution in [3.63, 3.8) is 0 Å². The van der Waals surface area contributed by atoms with E-state index in [2.05, 4.69) is 5.32 Å². The number of methoxy groups -OCH3 is 1. The van der Waals surface area contributed by atoms with Gasteiger partial charge in [0.1, 0.15) is 6.61 Å². The Balaban J connectivity index is 3.08. The van der Waals surface area contributed by atoms with E-state index in [4.69, 9.17) is 9.47 Å². The zero-order chi connectivity index (χ0) is 9.23. The van der Waals surface area contributed by atoms with E-state index in [-0.39, 0.29) is 12.5 Å². The van der Waals surface area contributed by atoms with E-state index in [1.165, 1.54) is 0 Å². The van der Waals surface area contributed by atoms with Crippen molar-refractivity contribution >= 4 is 5.91 Å². The van der Waals surface area contributed by atoms with Gasteiger partial charge >= 0.3 is 0 Å². The highest BCUT2D eigenvalue weighted by Crippen LogP contribution is 1.77. The molecular formula is C8H17NO3. The minimum Gasteiger partial charge on any atom is -0.382 e. The second-order valence-corrected chi connectivity index (χ2v) is 2.40. The number of hydrogen-bond acceptors (Lipinski definition) is 3. The van der Waals surface area contributed by atoms with Gasteiger partial charge in [-0.15, -0.1) is 0 Å². The number of carbonyl (C=O) groups excluding carboxylic acids is 1. The first kappa shape index (κ1) is 11.4. The maximum absolute atomic E-state index is 10.9. The fraction of sp³-hybridized carbons (Fsp3) is 0.875. The van der Waals surface area contributed by atoms with Crippen LogP contribution in [0.4, 0.5) is 0 Å². The molecule has 0 rings (SSSR count). The summed E-state index contributed by atoms with van der Waals surface area (Å²) < 4.78 is 9.74. The summed E-state index contributed by atoms with van der Waals surface area (Å²) in [4.78, 5) is 10.9. The lowest BCUT2D eigenvalue weighted by molar-refractivity contribution is -0.126. The third-order valence-electron chi connectivity index (χ3n) is 1.24. The lowest BCUT2D eigenvalue weighted by Crippen LogP contribution is -2.28. The normalized spacial score (nSPS) is 9.83. The minimum absolute atomic E-state index is 0.0621. The molecule has 0 atom stereocenters. The molecule has 0 spiro atoms. The van der Waals surface area contributed by atoms with Gasteiger partial charge in [-0.2, -0.15) is 0 Å². The largest absolute Gasteiger partial charge is 0.382 e. The Hall–Kier alpha value is -0.610. The molecule has 0 aliphatic carbocycles. The summed E-state index contributed by atoms with van der Waals surface area (Å²) in [6.07, 6.45) is 0.948. The molecule has 0 radical (unpaired) electrons. The highest BCUT2D eigenvalue weighted by atomic mass is 16.5. The monoisotopic (exact) mass is 175 g/mol. The first-order valence-corrected chi connectivity index (χ1v) is 4.14. The fourth-order valence-electron chi connectivity index (χ4n) is 0.623. The van der Waals surface area contributed by atoms with Crippen LogP contribution in [0.2, 0.25) is 0 Å². The standard InChI is InChI=1S/C8H17NO3/c1-3-4-9-8(10)7-12-6-5-11-2/h3-7H2,1-2H3,(H,9,10). The molecule has 0 aromatic heterocycles. The summed E-state index contributed by atoms with van der Waals surface area (Å²) in [6.45, 7) is 3.85. The Labute approximate surface area is 73.2 Å². The molecule has 0 saturated carbocycles. The van der Waals surface area contributed by atoms with Crippen LogP contribution in [0.5, 0.6) is 0 Å². The summed E-state index contributed by atoms with van der Waals surface area (Å²) in [5.41, 5.74) is 0.